The molecule has 2 aromatic carbocycles. The first-order valence-corrected chi connectivity index (χ1v) is 8.81. The lowest BCUT2D eigenvalue weighted by molar-refractivity contribution is 0.102. The fraction of sp³-hybridized carbons (Fsp3) is 0.238. The van der Waals surface area contributed by atoms with Gasteiger partial charge in [-0.1, -0.05) is 42.5 Å². The van der Waals surface area contributed by atoms with Crippen molar-refractivity contribution < 1.29 is 9.53 Å². The number of amides is 1. The van der Waals surface area contributed by atoms with Gasteiger partial charge in [0.15, 0.2) is 0 Å². The van der Waals surface area contributed by atoms with Gasteiger partial charge in [0.25, 0.3) is 5.91 Å². The number of hydrogen-bond donors (Lipinski definition) is 1. The first kappa shape index (κ1) is 16.5. The van der Waals surface area contributed by atoms with E-state index < -0.39 is 0 Å². The van der Waals surface area contributed by atoms with Crippen LogP contribution in [0.4, 0.5) is 11.5 Å². The summed E-state index contributed by atoms with van der Waals surface area (Å²) in [6.07, 6.45) is 1.68. The number of benzene rings is 2. The second-order valence-electron chi connectivity index (χ2n) is 6.41. The minimum absolute atomic E-state index is 0.142. The van der Waals surface area contributed by atoms with Crippen molar-refractivity contribution >= 4 is 28.2 Å². The summed E-state index contributed by atoms with van der Waals surface area (Å²) in [6, 6.07) is 15.7. The molecule has 1 amide bonds. The molecule has 2 heterocycles. The Hall–Kier alpha value is -2.92. The molecule has 0 spiro atoms. The molecule has 4 rings (SSSR count). The number of pyridine rings is 1. The van der Waals surface area contributed by atoms with Gasteiger partial charge in [-0.05, 0) is 23.9 Å². The molecule has 1 aliphatic rings. The van der Waals surface area contributed by atoms with Crippen LogP contribution in [0.15, 0.2) is 54.7 Å². The van der Waals surface area contributed by atoms with E-state index >= 15 is 0 Å². The zero-order valence-electron chi connectivity index (χ0n) is 14.7. The molecule has 0 aliphatic carbocycles. The lowest BCUT2D eigenvalue weighted by Gasteiger charge is -2.29. The van der Waals surface area contributed by atoms with Crippen LogP contribution in [0.2, 0.25) is 0 Å². The first-order valence-electron chi connectivity index (χ1n) is 8.81. The quantitative estimate of drug-likeness (QED) is 0.786. The molecule has 3 aromatic rings. The smallest absolute Gasteiger partial charge is 0.257 e. The fourth-order valence-corrected chi connectivity index (χ4v) is 3.29. The largest absolute Gasteiger partial charge is 0.378 e. The number of rotatable bonds is 3. The highest BCUT2D eigenvalue weighted by Gasteiger charge is 2.19. The van der Waals surface area contributed by atoms with Crippen LogP contribution >= 0.6 is 0 Å². The molecular weight excluding hydrogens is 326 g/mol. The summed E-state index contributed by atoms with van der Waals surface area (Å²) in [5.74, 6) is 0.771. The topological polar surface area (TPSA) is 54.5 Å². The Morgan fingerprint density at radius 2 is 1.73 bits per heavy atom. The predicted molar refractivity (Wildman–Crippen MR) is 104 cm³/mol. The molecule has 0 radical (unpaired) electrons. The highest BCUT2D eigenvalue weighted by Crippen LogP contribution is 2.28. The van der Waals surface area contributed by atoms with E-state index in [9.17, 15) is 4.79 Å². The molecular formula is C21H21N3O2. The van der Waals surface area contributed by atoms with Crippen molar-refractivity contribution in [1.29, 1.82) is 0 Å². The number of nitrogens with zero attached hydrogens (tertiary/aromatic N) is 2. The monoisotopic (exact) mass is 347 g/mol. The summed E-state index contributed by atoms with van der Waals surface area (Å²) in [5.41, 5.74) is 2.43. The fourth-order valence-electron chi connectivity index (χ4n) is 3.29. The molecule has 1 aromatic heterocycles. The molecule has 0 atom stereocenters. The summed E-state index contributed by atoms with van der Waals surface area (Å²) in [6.45, 7) is 5.00. The van der Waals surface area contributed by atoms with Crippen LogP contribution in [0.25, 0.3) is 10.8 Å². The Morgan fingerprint density at radius 1 is 1.04 bits per heavy atom. The van der Waals surface area contributed by atoms with Crippen molar-refractivity contribution in [3.05, 3.63) is 65.9 Å². The van der Waals surface area contributed by atoms with Gasteiger partial charge in [-0.25, -0.2) is 4.98 Å². The number of para-hydroxylation sites is 1. The van der Waals surface area contributed by atoms with E-state index in [1.807, 2.05) is 55.5 Å². The molecule has 5 nitrogen and oxygen atoms in total. The second kappa shape index (κ2) is 7.14. The predicted octanol–water partition coefficient (Wildman–Crippen LogP) is 3.63. The van der Waals surface area contributed by atoms with Gasteiger partial charge in [0.1, 0.15) is 5.82 Å². The SMILES string of the molecule is Cc1ccccc1NC(=O)c1cnc(N2CCOCC2)c2ccccc12. The van der Waals surface area contributed by atoms with Crippen LogP contribution in [0.1, 0.15) is 15.9 Å². The lowest BCUT2D eigenvalue weighted by Crippen LogP contribution is -2.37. The highest BCUT2D eigenvalue weighted by atomic mass is 16.5. The zero-order chi connectivity index (χ0) is 17.9. The van der Waals surface area contributed by atoms with Gasteiger partial charge >= 0.3 is 0 Å². The second-order valence-corrected chi connectivity index (χ2v) is 6.41. The summed E-state index contributed by atoms with van der Waals surface area (Å²) < 4.78 is 5.44. The van der Waals surface area contributed by atoms with Crippen LogP contribution in [0, 0.1) is 6.92 Å². The number of nitrogens with one attached hydrogen (secondary N) is 1. The Kier molecular flexibility index (Phi) is 4.54. The summed E-state index contributed by atoms with van der Waals surface area (Å²) in [7, 11) is 0. The van der Waals surface area contributed by atoms with Crippen molar-refractivity contribution in [3.63, 3.8) is 0 Å². The van der Waals surface area contributed by atoms with Crippen molar-refractivity contribution in [3.8, 4) is 0 Å². The summed E-state index contributed by atoms with van der Waals surface area (Å²) >= 11 is 0. The van der Waals surface area contributed by atoms with Crippen LogP contribution in [0.3, 0.4) is 0 Å². The van der Waals surface area contributed by atoms with Gasteiger partial charge in [0.2, 0.25) is 0 Å². The molecule has 1 N–H and O–H groups in total. The molecule has 26 heavy (non-hydrogen) atoms. The van der Waals surface area contributed by atoms with E-state index in [0.29, 0.717) is 18.8 Å². The molecule has 1 aliphatic heterocycles. The number of aryl methyl sites for hydroxylation is 1. The average Bonchev–Trinajstić information content (AvgIpc) is 2.69. The number of morpholine rings is 1. The lowest BCUT2D eigenvalue weighted by atomic mass is 10.1. The van der Waals surface area contributed by atoms with Gasteiger partial charge in [-0.2, -0.15) is 0 Å². The minimum atomic E-state index is -0.142. The third-order valence-electron chi connectivity index (χ3n) is 4.72. The maximum Gasteiger partial charge on any atom is 0.257 e. The molecule has 0 unspecified atom stereocenters. The van der Waals surface area contributed by atoms with E-state index in [2.05, 4.69) is 15.2 Å². The zero-order valence-corrected chi connectivity index (χ0v) is 14.7. The molecule has 5 heteroatoms. The summed E-state index contributed by atoms with van der Waals surface area (Å²) in [5, 5.41) is 4.91. The first-order chi connectivity index (χ1) is 12.7. The number of ether oxygens (including phenoxy) is 1. The third-order valence-corrected chi connectivity index (χ3v) is 4.72. The van der Waals surface area contributed by atoms with Crippen LogP contribution in [0.5, 0.6) is 0 Å². The Morgan fingerprint density at radius 3 is 2.50 bits per heavy atom. The van der Waals surface area contributed by atoms with E-state index in [1.165, 1.54) is 0 Å². The Balaban J connectivity index is 1.72. The molecule has 0 bridgehead atoms. The standard InChI is InChI=1S/C21H21N3O2/c1-15-6-2-5-9-19(15)23-21(25)18-14-22-20(24-10-12-26-13-11-24)17-8-4-3-7-16(17)18/h2-9,14H,10-13H2,1H3,(H,23,25). The number of fused-ring (bicyclic) bond motifs is 1. The maximum atomic E-state index is 12.9. The van der Waals surface area contributed by atoms with Gasteiger partial charge in [0, 0.05) is 30.4 Å². The summed E-state index contributed by atoms with van der Waals surface area (Å²) in [4.78, 5) is 19.7. The molecule has 1 saturated heterocycles. The van der Waals surface area contributed by atoms with E-state index in [4.69, 9.17) is 4.74 Å². The maximum absolute atomic E-state index is 12.9. The van der Waals surface area contributed by atoms with E-state index in [1.54, 1.807) is 6.20 Å². The van der Waals surface area contributed by atoms with Gasteiger partial charge in [-0.3, -0.25) is 4.79 Å². The van der Waals surface area contributed by atoms with Crippen molar-refractivity contribution in [1.82, 2.24) is 4.98 Å². The van der Waals surface area contributed by atoms with Crippen molar-refractivity contribution in [2.45, 2.75) is 6.92 Å². The van der Waals surface area contributed by atoms with Crippen LogP contribution in [-0.4, -0.2) is 37.2 Å². The number of carbonyl (C=O) groups excluding carboxylic acids is 1. The van der Waals surface area contributed by atoms with Gasteiger partial charge < -0.3 is 15.0 Å². The number of carbonyl (C=O) groups is 1. The van der Waals surface area contributed by atoms with Crippen LogP contribution in [-0.2, 0) is 4.74 Å². The third kappa shape index (κ3) is 3.13. The van der Waals surface area contributed by atoms with Gasteiger partial charge in [-0.15, -0.1) is 0 Å². The van der Waals surface area contributed by atoms with Crippen LogP contribution < -0.4 is 10.2 Å². The average molecular weight is 347 g/mol. The Bertz CT molecular complexity index is 949. The molecule has 132 valence electrons. The van der Waals surface area contributed by atoms with E-state index in [-0.39, 0.29) is 5.91 Å². The van der Waals surface area contributed by atoms with Crippen molar-refractivity contribution in [2.75, 3.05) is 36.5 Å². The number of aromatic nitrogens is 1. The number of hydrogen-bond acceptors (Lipinski definition) is 4. The van der Waals surface area contributed by atoms with Crippen molar-refractivity contribution in [2.24, 2.45) is 0 Å². The Labute approximate surface area is 152 Å². The van der Waals surface area contributed by atoms with E-state index in [0.717, 1.165) is 40.9 Å². The van der Waals surface area contributed by atoms with Gasteiger partial charge in [0.05, 0.1) is 18.8 Å². The molecule has 0 saturated carbocycles. The normalized spacial score (nSPS) is 14.4. The minimum Gasteiger partial charge on any atom is -0.378 e. The number of anilines is 2. The highest BCUT2D eigenvalue weighted by molar-refractivity contribution is 6.14. The molecule has 1 fully saturated rings.